The molecule has 0 spiro atoms. The Bertz CT molecular complexity index is 884. The van der Waals surface area contributed by atoms with Gasteiger partial charge in [-0.05, 0) is 36.1 Å². The highest BCUT2D eigenvalue weighted by Gasteiger charge is 2.34. The summed E-state index contributed by atoms with van der Waals surface area (Å²) in [5.74, 6) is -2.39. The molecule has 1 saturated heterocycles. The van der Waals surface area contributed by atoms with Crippen LogP contribution in [0.15, 0.2) is 34.5 Å². The molecule has 1 aliphatic rings. The Morgan fingerprint density at radius 3 is 2.20 bits per heavy atom. The van der Waals surface area contributed by atoms with Crippen LogP contribution in [0, 0.1) is 18.6 Å². The number of benzene rings is 1. The summed E-state index contributed by atoms with van der Waals surface area (Å²) in [5, 5.41) is 1.82. The van der Waals surface area contributed by atoms with Crippen molar-refractivity contribution in [2.24, 2.45) is 0 Å². The molecule has 0 N–H and O–H groups in total. The quantitative estimate of drug-likeness (QED) is 0.814. The van der Waals surface area contributed by atoms with Crippen LogP contribution in [0.1, 0.15) is 15.2 Å². The van der Waals surface area contributed by atoms with Crippen molar-refractivity contribution in [3.8, 4) is 0 Å². The lowest BCUT2D eigenvalue weighted by atomic mass is 10.2. The maximum Gasteiger partial charge on any atom is 0.264 e. The molecule has 0 saturated carbocycles. The van der Waals surface area contributed by atoms with Crippen molar-refractivity contribution in [3.63, 3.8) is 0 Å². The largest absolute Gasteiger partial charge is 0.335 e. The smallest absolute Gasteiger partial charge is 0.264 e. The van der Waals surface area contributed by atoms with Crippen molar-refractivity contribution in [3.05, 3.63) is 51.7 Å². The molecule has 134 valence electrons. The number of aryl methyl sites for hydroxylation is 1. The molecule has 9 heteroatoms. The van der Waals surface area contributed by atoms with Crippen LogP contribution in [0.25, 0.3) is 0 Å². The lowest BCUT2D eigenvalue weighted by Gasteiger charge is -2.34. The highest BCUT2D eigenvalue weighted by molar-refractivity contribution is 7.89. The molecule has 5 nitrogen and oxygen atoms in total. The van der Waals surface area contributed by atoms with Gasteiger partial charge in [-0.3, -0.25) is 4.79 Å². The maximum atomic E-state index is 13.8. The predicted molar refractivity (Wildman–Crippen MR) is 90.1 cm³/mol. The zero-order valence-corrected chi connectivity index (χ0v) is 15.0. The first kappa shape index (κ1) is 18.0. The van der Waals surface area contributed by atoms with Gasteiger partial charge in [-0.25, -0.2) is 17.2 Å². The fraction of sp³-hybridized carbons (Fsp3) is 0.312. The molecule has 0 bridgehead atoms. The maximum absolute atomic E-state index is 13.8. The van der Waals surface area contributed by atoms with E-state index >= 15 is 0 Å². The van der Waals surface area contributed by atoms with Gasteiger partial charge < -0.3 is 4.90 Å². The molecule has 1 aromatic heterocycles. The minimum atomic E-state index is -4.29. The Morgan fingerprint density at radius 1 is 1.08 bits per heavy atom. The number of nitrogens with zero attached hydrogens (tertiary/aromatic N) is 2. The fourth-order valence-electron chi connectivity index (χ4n) is 2.73. The molecular weight excluding hydrogens is 370 g/mol. The first-order chi connectivity index (χ1) is 11.8. The van der Waals surface area contributed by atoms with Crippen molar-refractivity contribution in [2.45, 2.75) is 11.8 Å². The molecule has 0 radical (unpaired) electrons. The second-order valence-corrected chi connectivity index (χ2v) is 8.47. The summed E-state index contributed by atoms with van der Waals surface area (Å²) >= 11 is 1.34. The Labute approximate surface area is 148 Å². The highest BCUT2D eigenvalue weighted by Crippen LogP contribution is 2.24. The van der Waals surface area contributed by atoms with E-state index in [-0.39, 0.29) is 32.1 Å². The van der Waals surface area contributed by atoms with Gasteiger partial charge in [0.15, 0.2) is 4.90 Å². The summed E-state index contributed by atoms with van der Waals surface area (Å²) in [6.07, 6.45) is 0. The number of carbonyl (C=O) groups is 1. The minimum Gasteiger partial charge on any atom is -0.335 e. The zero-order valence-electron chi connectivity index (χ0n) is 13.4. The molecule has 3 rings (SSSR count). The van der Waals surface area contributed by atoms with Crippen LogP contribution in [-0.4, -0.2) is 49.7 Å². The second-order valence-electron chi connectivity index (χ2n) is 5.68. The summed E-state index contributed by atoms with van der Waals surface area (Å²) < 4.78 is 53.7. The third kappa shape index (κ3) is 3.31. The van der Waals surface area contributed by atoms with Crippen molar-refractivity contribution in [2.75, 3.05) is 26.2 Å². The normalized spacial score (nSPS) is 16.2. The number of piperazine rings is 1. The van der Waals surface area contributed by atoms with E-state index in [1.54, 1.807) is 4.90 Å². The van der Waals surface area contributed by atoms with E-state index in [4.69, 9.17) is 0 Å². The summed E-state index contributed by atoms with van der Waals surface area (Å²) in [5.41, 5.74) is 0.874. The molecule has 1 aromatic carbocycles. The molecule has 0 aliphatic carbocycles. The van der Waals surface area contributed by atoms with Crippen molar-refractivity contribution in [1.29, 1.82) is 0 Å². The van der Waals surface area contributed by atoms with Gasteiger partial charge in [0.1, 0.15) is 11.6 Å². The SMILES string of the molecule is Cc1ccsc1C(=O)N1CCN(S(=O)(=O)c2c(F)cccc2F)CC1. The summed E-state index contributed by atoms with van der Waals surface area (Å²) in [6, 6.07) is 4.79. The number of rotatable bonds is 3. The Hall–Kier alpha value is -1.84. The van der Waals surface area contributed by atoms with Gasteiger partial charge in [0.25, 0.3) is 5.91 Å². The van der Waals surface area contributed by atoms with E-state index in [9.17, 15) is 22.0 Å². The van der Waals surface area contributed by atoms with E-state index < -0.39 is 26.6 Å². The van der Waals surface area contributed by atoms with E-state index in [1.807, 2.05) is 18.4 Å². The van der Waals surface area contributed by atoms with Gasteiger partial charge in [0.05, 0.1) is 4.88 Å². The van der Waals surface area contributed by atoms with Crippen LogP contribution in [-0.2, 0) is 10.0 Å². The van der Waals surface area contributed by atoms with Crippen LogP contribution >= 0.6 is 11.3 Å². The van der Waals surface area contributed by atoms with Crippen molar-refractivity contribution < 1.29 is 22.0 Å². The molecule has 0 atom stereocenters. The summed E-state index contributed by atoms with van der Waals surface area (Å²) in [4.78, 5) is 13.7. The summed E-state index contributed by atoms with van der Waals surface area (Å²) in [6.45, 7) is 2.17. The van der Waals surface area contributed by atoms with Gasteiger partial charge in [-0.1, -0.05) is 6.07 Å². The minimum absolute atomic E-state index is 0.00767. The van der Waals surface area contributed by atoms with Crippen LogP contribution in [0.3, 0.4) is 0 Å². The van der Waals surface area contributed by atoms with Gasteiger partial charge in [-0.2, -0.15) is 4.31 Å². The number of hydrogen-bond donors (Lipinski definition) is 0. The topological polar surface area (TPSA) is 57.7 Å². The first-order valence-corrected chi connectivity index (χ1v) is 9.92. The van der Waals surface area contributed by atoms with Crippen LogP contribution < -0.4 is 0 Å². The monoisotopic (exact) mass is 386 g/mol. The van der Waals surface area contributed by atoms with E-state index in [2.05, 4.69) is 0 Å². The first-order valence-electron chi connectivity index (χ1n) is 7.60. The number of halogens is 2. The average molecular weight is 386 g/mol. The van der Waals surface area contributed by atoms with E-state index in [0.717, 1.165) is 28.1 Å². The fourth-order valence-corrected chi connectivity index (χ4v) is 5.15. The molecule has 1 amide bonds. The second kappa shape index (κ2) is 6.81. The third-order valence-electron chi connectivity index (χ3n) is 4.10. The number of sulfonamides is 1. The van der Waals surface area contributed by atoms with Crippen LogP contribution in [0.2, 0.25) is 0 Å². The molecule has 1 fully saturated rings. The molecule has 2 aromatic rings. The lowest BCUT2D eigenvalue weighted by Crippen LogP contribution is -2.50. The van der Waals surface area contributed by atoms with E-state index in [1.165, 1.54) is 11.3 Å². The van der Waals surface area contributed by atoms with Crippen molar-refractivity contribution >= 4 is 27.3 Å². The molecule has 0 unspecified atom stereocenters. The Morgan fingerprint density at radius 2 is 1.68 bits per heavy atom. The third-order valence-corrected chi connectivity index (χ3v) is 7.05. The van der Waals surface area contributed by atoms with Crippen LogP contribution in [0.5, 0.6) is 0 Å². The Balaban J connectivity index is 1.76. The molecule has 1 aliphatic heterocycles. The lowest BCUT2D eigenvalue weighted by molar-refractivity contribution is 0.0702. The van der Waals surface area contributed by atoms with E-state index in [0.29, 0.717) is 4.88 Å². The highest BCUT2D eigenvalue weighted by atomic mass is 32.2. The zero-order chi connectivity index (χ0) is 18.2. The average Bonchev–Trinajstić information content (AvgIpc) is 3.00. The number of hydrogen-bond acceptors (Lipinski definition) is 4. The predicted octanol–water partition coefficient (Wildman–Crippen LogP) is 2.48. The summed E-state index contributed by atoms with van der Waals surface area (Å²) in [7, 11) is -4.29. The van der Waals surface area contributed by atoms with Gasteiger partial charge in [0.2, 0.25) is 10.0 Å². The standard InChI is InChI=1S/C16H16F2N2O3S2/c1-11-5-10-24-14(11)16(21)19-6-8-20(9-7-19)25(22,23)15-12(17)3-2-4-13(15)18/h2-5,10H,6-9H2,1H3. The van der Waals surface area contributed by atoms with Crippen LogP contribution in [0.4, 0.5) is 8.78 Å². The molecule has 2 heterocycles. The molecular formula is C16H16F2N2O3S2. The van der Waals surface area contributed by atoms with Crippen molar-refractivity contribution in [1.82, 2.24) is 9.21 Å². The number of carbonyl (C=O) groups excluding carboxylic acids is 1. The van der Waals surface area contributed by atoms with Gasteiger partial charge in [-0.15, -0.1) is 11.3 Å². The Kier molecular flexibility index (Phi) is 4.90. The molecule has 25 heavy (non-hydrogen) atoms. The number of thiophene rings is 1. The number of amides is 1. The van der Waals surface area contributed by atoms with Gasteiger partial charge >= 0.3 is 0 Å². The van der Waals surface area contributed by atoms with Gasteiger partial charge in [0, 0.05) is 26.2 Å².